The Labute approximate surface area is 89.1 Å². The highest BCUT2D eigenvalue weighted by Gasteiger charge is 2.24. The first kappa shape index (κ1) is 8.05. The second-order valence-electron chi connectivity index (χ2n) is 3.30. The van der Waals surface area contributed by atoms with E-state index in [-0.39, 0.29) is 6.01 Å². The lowest BCUT2D eigenvalue weighted by molar-refractivity contribution is 0.538. The number of nitrogen functional groups attached to an aromatic ring is 1. The average Bonchev–Trinajstić information content (AvgIpc) is 2.59. The van der Waals surface area contributed by atoms with Gasteiger partial charge in [0, 0.05) is 16.5 Å². The molecule has 1 aliphatic carbocycles. The highest BCUT2D eigenvalue weighted by atomic mass is 79.9. The van der Waals surface area contributed by atoms with Gasteiger partial charge in [-0.3, -0.25) is 0 Å². The molecule has 1 aromatic heterocycles. The van der Waals surface area contributed by atoms with Crippen molar-refractivity contribution in [2.24, 2.45) is 0 Å². The molecule has 2 N–H and O–H groups in total. The highest BCUT2D eigenvalue weighted by Crippen LogP contribution is 2.38. The van der Waals surface area contributed by atoms with Gasteiger partial charge in [-0.15, -0.1) is 0 Å². The molecule has 1 heterocycles. The Bertz CT molecular complexity index is 519. The Morgan fingerprint density at radius 3 is 3.14 bits per heavy atom. The first-order chi connectivity index (χ1) is 6.74. The van der Waals surface area contributed by atoms with E-state index in [1.807, 2.05) is 12.1 Å². The van der Waals surface area contributed by atoms with Gasteiger partial charge in [-0.2, -0.15) is 4.98 Å². The van der Waals surface area contributed by atoms with Gasteiger partial charge in [-0.25, -0.2) is 0 Å². The third-order valence-corrected chi connectivity index (χ3v) is 2.88. The first-order valence-electron chi connectivity index (χ1n) is 4.28. The third kappa shape index (κ3) is 1.00. The molecule has 0 bridgehead atoms. The number of halogens is 1. The summed E-state index contributed by atoms with van der Waals surface area (Å²) >= 11 is 3.44. The Hall–Kier alpha value is -1.29. The van der Waals surface area contributed by atoms with Crippen LogP contribution in [0, 0.1) is 0 Å². The van der Waals surface area contributed by atoms with Crippen LogP contribution >= 0.6 is 15.9 Å². The zero-order valence-electron chi connectivity index (χ0n) is 7.25. The Morgan fingerprint density at radius 2 is 2.29 bits per heavy atom. The SMILES string of the molecule is Nc1nc2c(o1)Cc1cc(Br)ccc1-2. The average molecular weight is 251 g/mol. The van der Waals surface area contributed by atoms with Crippen molar-refractivity contribution in [3.63, 3.8) is 0 Å². The zero-order valence-corrected chi connectivity index (χ0v) is 8.84. The molecule has 1 aromatic carbocycles. The summed E-state index contributed by atoms with van der Waals surface area (Å²) in [6.07, 6.45) is 0.786. The Balaban J connectivity index is 2.25. The van der Waals surface area contributed by atoms with E-state index in [0.717, 1.165) is 27.9 Å². The van der Waals surface area contributed by atoms with E-state index in [1.54, 1.807) is 0 Å². The quantitative estimate of drug-likeness (QED) is 0.668. The molecule has 0 saturated carbocycles. The van der Waals surface area contributed by atoms with Crippen molar-refractivity contribution in [2.45, 2.75) is 6.42 Å². The van der Waals surface area contributed by atoms with Crippen molar-refractivity contribution in [3.8, 4) is 11.3 Å². The normalized spacial score (nSPS) is 12.6. The van der Waals surface area contributed by atoms with Gasteiger partial charge in [-0.1, -0.05) is 22.0 Å². The van der Waals surface area contributed by atoms with Gasteiger partial charge in [0.2, 0.25) is 0 Å². The fourth-order valence-electron chi connectivity index (χ4n) is 1.81. The van der Waals surface area contributed by atoms with Gasteiger partial charge >= 0.3 is 0 Å². The highest BCUT2D eigenvalue weighted by molar-refractivity contribution is 9.10. The summed E-state index contributed by atoms with van der Waals surface area (Å²) in [5, 5.41) is 0. The minimum Gasteiger partial charge on any atom is -0.428 e. The van der Waals surface area contributed by atoms with Crippen LogP contribution in [0.4, 0.5) is 6.01 Å². The number of benzene rings is 1. The van der Waals surface area contributed by atoms with E-state index in [4.69, 9.17) is 10.2 Å². The zero-order chi connectivity index (χ0) is 9.71. The van der Waals surface area contributed by atoms with E-state index >= 15 is 0 Å². The second kappa shape index (κ2) is 2.60. The molecule has 3 nitrogen and oxygen atoms in total. The molecule has 70 valence electrons. The number of aromatic nitrogens is 1. The van der Waals surface area contributed by atoms with Gasteiger partial charge in [-0.05, 0) is 17.7 Å². The summed E-state index contributed by atoms with van der Waals surface area (Å²) < 4.78 is 6.38. The van der Waals surface area contributed by atoms with Gasteiger partial charge in [0.1, 0.15) is 11.5 Å². The van der Waals surface area contributed by atoms with Crippen LogP contribution < -0.4 is 5.73 Å². The van der Waals surface area contributed by atoms with Crippen LogP contribution in [0.2, 0.25) is 0 Å². The van der Waals surface area contributed by atoms with E-state index < -0.39 is 0 Å². The number of hydrogen-bond acceptors (Lipinski definition) is 3. The van der Waals surface area contributed by atoms with Crippen molar-refractivity contribution < 1.29 is 4.42 Å². The van der Waals surface area contributed by atoms with Gasteiger partial charge in [0.15, 0.2) is 0 Å². The van der Waals surface area contributed by atoms with Crippen LogP contribution in [0.5, 0.6) is 0 Å². The molecule has 0 fully saturated rings. The van der Waals surface area contributed by atoms with E-state index in [1.165, 1.54) is 5.56 Å². The summed E-state index contributed by atoms with van der Waals surface area (Å²) in [5.41, 5.74) is 8.75. The third-order valence-electron chi connectivity index (χ3n) is 2.39. The number of nitrogens with zero attached hydrogens (tertiary/aromatic N) is 1. The molecule has 3 rings (SSSR count). The predicted octanol–water partition coefficient (Wildman–Crippen LogP) is 2.59. The molecule has 0 saturated heterocycles. The van der Waals surface area contributed by atoms with Crippen LogP contribution in [0.3, 0.4) is 0 Å². The molecule has 2 aromatic rings. The maximum Gasteiger partial charge on any atom is 0.292 e. The molecule has 0 aliphatic heterocycles. The molecule has 1 aliphatic rings. The topological polar surface area (TPSA) is 52.0 Å². The summed E-state index contributed by atoms with van der Waals surface area (Å²) in [7, 11) is 0. The van der Waals surface area contributed by atoms with Gasteiger partial charge in [0.05, 0.1) is 0 Å². The lowest BCUT2D eigenvalue weighted by Gasteiger charge is -1.98. The van der Waals surface area contributed by atoms with E-state index in [0.29, 0.717) is 0 Å². The second-order valence-corrected chi connectivity index (χ2v) is 4.22. The molecule has 0 amide bonds. The van der Waals surface area contributed by atoms with Crippen molar-refractivity contribution >= 4 is 21.9 Å². The molecule has 0 radical (unpaired) electrons. The number of fused-ring (bicyclic) bond motifs is 3. The molecule has 0 spiro atoms. The van der Waals surface area contributed by atoms with Crippen molar-refractivity contribution in [1.82, 2.24) is 4.98 Å². The lowest BCUT2D eigenvalue weighted by Crippen LogP contribution is -1.85. The van der Waals surface area contributed by atoms with Crippen molar-refractivity contribution in [3.05, 3.63) is 34.0 Å². The molecule has 0 unspecified atom stereocenters. The number of anilines is 1. The van der Waals surface area contributed by atoms with Crippen molar-refractivity contribution in [1.29, 1.82) is 0 Å². The van der Waals surface area contributed by atoms with Crippen LogP contribution in [0.15, 0.2) is 27.1 Å². The fourth-order valence-corrected chi connectivity index (χ4v) is 2.22. The van der Waals surface area contributed by atoms with Crippen LogP contribution in [-0.4, -0.2) is 4.98 Å². The Morgan fingerprint density at radius 1 is 1.43 bits per heavy atom. The van der Waals surface area contributed by atoms with Crippen LogP contribution in [-0.2, 0) is 6.42 Å². The summed E-state index contributed by atoms with van der Waals surface area (Å²) in [4.78, 5) is 4.16. The first-order valence-corrected chi connectivity index (χ1v) is 5.07. The Kier molecular flexibility index (Phi) is 1.50. The maximum atomic E-state index is 5.49. The minimum absolute atomic E-state index is 0.253. The summed E-state index contributed by atoms with van der Waals surface area (Å²) in [5.74, 6) is 0.871. The van der Waals surface area contributed by atoms with E-state index in [2.05, 4.69) is 27.0 Å². The summed E-state index contributed by atoms with van der Waals surface area (Å²) in [6.45, 7) is 0. The molecular weight excluding hydrogens is 244 g/mol. The molecule has 4 heteroatoms. The molecule has 14 heavy (non-hydrogen) atoms. The minimum atomic E-state index is 0.253. The number of hydrogen-bond donors (Lipinski definition) is 1. The van der Waals surface area contributed by atoms with E-state index in [9.17, 15) is 0 Å². The van der Waals surface area contributed by atoms with Gasteiger partial charge in [0.25, 0.3) is 6.01 Å². The van der Waals surface area contributed by atoms with Crippen molar-refractivity contribution in [2.75, 3.05) is 5.73 Å². The number of oxazole rings is 1. The smallest absolute Gasteiger partial charge is 0.292 e. The monoisotopic (exact) mass is 250 g/mol. The van der Waals surface area contributed by atoms with Crippen LogP contribution in [0.25, 0.3) is 11.3 Å². The molecular formula is C10H7BrN2O. The predicted molar refractivity (Wildman–Crippen MR) is 56.9 cm³/mol. The number of rotatable bonds is 0. The van der Waals surface area contributed by atoms with Gasteiger partial charge < -0.3 is 10.2 Å². The standard InChI is InChI=1S/C10H7BrN2O/c11-6-1-2-7-5(3-6)4-8-9(7)13-10(12)14-8/h1-3H,4H2,(H2,12,13). The van der Waals surface area contributed by atoms with Crippen LogP contribution in [0.1, 0.15) is 11.3 Å². The number of nitrogens with two attached hydrogens (primary N) is 1. The largest absolute Gasteiger partial charge is 0.428 e. The summed E-state index contributed by atoms with van der Waals surface area (Å²) in [6, 6.07) is 6.37. The fraction of sp³-hybridized carbons (Fsp3) is 0.100. The maximum absolute atomic E-state index is 5.49. The lowest BCUT2D eigenvalue weighted by atomic mass is 10.1. The molecule has 0 atom stereocenters.